The van der Waals surface area contributed by atoms with Gasteiger partial charge in [-0.2, -0.15) is 0 Å². The summed E-state index contributed by atoms with van der Waals surface area (Å²) in [6.45, 7) is 4.28. The van der Waals surface area contributed by atoms with Crippen LogP contribution >= 0.6 is 0 Å². The maximum absolute atomic E-state index is 9.82. The largest absolute Gasteiger partial charge is 0.391 e. The molecule has 1 aromatic heterocycles. The fourth-order valence-corrected chi connectivity index (χ4v) is 2.30. The Morgan fingerprint density at radius 3 is 2.86 bits per heavy atom. The third-order valence-electron chi connectivity index (χ3n) is 3.02. The number of aromatic nitrogens is 2. The molecule has 3 nitrogen and oxygen atoms in total. The van der Waals surface area contributed by atoms with Gasteiger partial charge in [-0.15, -0.1) is 0 Å². The maximum atomic E-state index is 9.82. The zero-order valence-corrected chi connectivity index (χ0v) is 8.85. The van der Waals surface area contributed by atoms with Crippen LogP contribution in [-0.2, 0) is 0 Å². The van der Waals surface area contributed by atoms with Gasteiger partial charge in [-0.25, -0.2) is 4.98 Å². The van der Waals surface area contributed by atoms with Crippen molar-refractivity contribution in [3.8, 4) is 0 Å². The highest BCUT2D eigenvalue weighted by atomic mass is 16.3. The normalized spacial score (nSPS) is 27.4. The molecule has 1 aromatic rings. The van der Waals surface area contributed by atoms with Crippen molar-refractivity contribution in [3.63, 3.8) is 0 Å². The Balaban J connectivity index is 2.26. The van der Waals surface area contributed by atoms with Crippen molar-refractivity contribution in [2.45, 2.75) is 51.2 Å². The Morgan fingerprint density at radius 1 is 1.50 bits per heavy atom. The van der Waals surface area contributed by atoms with E-state index in [1.807, 2.05) is 12.4 Å². The Bertz CT molecular complexity index is 306. The van der Waals surface area contributed by atoms with Crippen LogP contribution in [0, 0.1) is 0 Å². The number of hydrogen-bond donors (Lipinski definition) is 1. The quantitative estimate of drug-likeness (QED) is 0.782. The SMILES string of the molecule is CC(C)c1nccn1[C@@H]1CCC[C@H]1O. The van der Waals surface area contributed by atoms with Gasteiger partial charge < -0.3 is 9.67 Å². The predicted octanol–water partition coefficient (Wildman–Crippen LogP) is 2.09. The molecule has 0 aliphatic heterocycles. The van der Waals surface area contributed by atoms with E-state index < -0.39 is 0 Å². The summed E-state index contributed by atoms with van der Waals surface area (Å²) >= 11 is 0. The molecule has 0 aromatic carbocycles. The molecule has 1 fully saturated rings. The lowest BCUT2D eigenvalue weighted by atomic mass is 10.1. The topological polar surface area (TPSA) is 38.0 Å². The van der Waals surface area contributed by atoms with Gasteiger partial charge in [-0.05, 0) is 19.3 Å². The van der Waals surface area contributed by atoms with Gasteiger partial charge in [-0.3, -0.25) is 0 Å². The molecule has 1 N–H and O–H groups in total. The van der Waals surface area contributed by atoms with Gasteiger partial charge in [0, 0.05) is 18.3 Å². The second-order valence-electron chi connectivity index (χ2n) is 4.41. The van der Waals surface area contributed by atoms with E-state index in [1.165, 1.54) is 0 Å². The van der Waals surface area contributed by atoms with Gasteiger partial charge in [0.2, 0.25) is 0 Å². The minimum absolute atomic E-state index is 0.179. The number of imidazole rings is 1. The molecule has 1 heterocycles. The van der Waals surface area contributed by atoms with Crippen molar-refractivity contribution < 1.29 is 5.11 Å². The molecule has 0 spiro atoms. The highest BCUT2D eigenvalue weighted by Crippen LogP contribution is 2.32. The lowest BCUT2D eigenvalue weighted by molar-refractivity contribution is 0.134. The molecule has 0 amide bonds. The van der Waals surface area contributed by atoms with E-state index in [4.69, 9.17) is 0 Å². The molecule has 2 atom stereocenters. The average Bonchev–Trinajstić information content (AvgIpc) is 2.70. The van der Waals surface area contributed by atoms with Crippen LogP contribution in [0.1, 0.15) is 50.9 Å². The molecule has 1 saturated carbocycles. The minimum Gasteiger partial charge on any atom is -0.391 e. The Kier molecular flexibility index (Phi) is 2.59. The van der Waals surface area contributed by atoms with E-state index in [0.717, 1.165) is 25.1 Å². The molecule has 78 valence electrons. The van der Waals surface area contributed by atoms with E-state index >= 15 is 0 Å². The Labute approximate surface area is 84.8 Å². The molecule has 1 aliphatic carbocycles. The van der Waals surface area contributed by atoms with Crippen LogP contribution in [0.3, 0.4) is 0 Å². The maximum Gasteiger partial charge on any atom is 0.111 e. The third kappa shape index (κ3) is 1.57. The highest BCUT2D eigenvalue weighted by molar-refractivity contribution is 5.02. The molecule has 14 heavy (non-hydrogen) atoms. The smallest absolute Gasteiger partial charge is 0.111 e. The number of aliphatic hydroxyl groups excluding tert-OH is 1. The lowest BCUT2D eigenvalue weighted by Crippen LogP contribution is -2.20. The van der Waals surface area contributed by atoms with Crippen LogP contribution in [0.2, 0.25) is 0 Å². The summed E-state index contributed by atoms with van der Waals surface area (Å²) in [5.41, 5.74) is 0. The molecule has 3 heteroatoms. The number of rotatable bonds is 2. The standard InChI is InChI=1S/C11H18N2O/c1-8(2)11-12-6-7-13(11)9-4-3-5-10(9)14/h6-10,14H,3-5H2,1-2H3/t9-,10-/m1/s1. The molecular weight excluding hydrogens is 176 g/mol. The van der Waals surface area contributed by atoms with Crippen LogP contribution in [0.4, 0.5) is 0 Å². The zero-order valence-electron chi connectivity index (χ0n) is 8.85. The van der Waals surface area contributed by atoms with Gasteiger partial charge in [0.15, 0.2) is 0 Å². The van der Waals surface area contributed by atoms with Crippen LogP contribution in [-0.4, -0.2) is 20.8 Å². The molecule has 0 radical (unpaired) electrons. The van der Waals surface area contributed by atoms with Crippen molar-refractivity contribution in [1.29, 1.82) is 0 Å². The first-order valence-electron chi connectivity index (χ1n) is 5.41. The van der Waals surface area contributed by atoms with Crippen molar-refractivity contribution in [2.24, 2.45) is 0 Å². The first-order chi connectivity index (χ1) is 6.70. The summed E-state index contributed by atoms with van der Waals surface area (Å²) in [4.78, 5) is 4.35. The monoisotopic (exact) mass is 194 g/mol. The van der Waals surface area contributed by atoms with Gasteiger partial charge in [0.05, 0.1) is 12.1 Å². The second-order valence-corrected chi connectivity index (χ2v) is 4.41. The lowest BCUT2D eigenvalue weighted by Gasteiger charge is -2.20. The highest BCUT2D eigenvalue weighted by Gasteiger charge is 2.28. The van der Waals surface area contributed by atoms with Crippen LogP contribution in [0.25, 0.3) is 0 Å². The summed E-state index contributed by atoms with van der Waals surface area (Å²) in [5.74, 6) is 1.52. The molecular formula is C11H18N2O. The predicted molar refractivity (Wildman–Crippen MR) is 55.2 cm³/mol. The van der Waals surface area contributed by atoms with E-state index in [2.05, 4.69) is 23.4 Å². The first-order valence-corrected chi connectivity index (χ1v) is 5.41. The number of nitrogens with zero attached hydrogens (tertiary/aromatic N) is 2. The molecule has 2 rings (SSSR count). The van der Waals surface area contributed by atoms with Gasteiger partial charge in [-0.1, -0.05) is 13.8 Å². The van der Waals surface area contributed by atoms with E-state index in [9.17, 15) is 5.11 Å². The molecule has 0 unspecified atom stereocenters. The summed E-state index contributed by atoms with van der Waals surface area (Å²) in [6, 6.07) is 0.259. The number of aliphatic hydroxyl groups is 1. The zero-order chi connectivity index (χ0) is 10.1. The molecule has 1 aliphatic rings. The summed E-state index contributed by atoms with van der Waals surface area (Å²) in [6.07, 6.45) is 6.79. The van der Waals surface area contributed by atoms with Crippen molar-refractivity contribution >= 4 is 0 Å². The minimum atomic E-state index is -0.179. The van der Waals surface area contributed by atoms with E-state index in [0.29, 0.717) is 5.92 Å². The third-order valence-corrected chi connectivity index (χ3v) is 3.02. The first kappa shape index (κ1) is 9.71. The Morgan fingerprint density at radius 2 is 2.29 bits per heavy atom. The van der Waals surface area contributed by atoms with E-state index in [1.54, 1.807) is 0 Å². The van der Waals surface area contributed by atoms with E-state index in [-0.39, 0.29) is 12.1 Å². The van der Waals surface area contributed by atoms with Crippen LogP contribution in [0.5, 0.6) is 0 Å². The van der Waals surface area contributed by atoms with Gasteiger partial charge in [0.25, 0.3) is 0 Å². The van der Waals surface area contributed by atoms with Crippen LogP contribution < -0.4 is 0 Å². The summed E-state index contributed by atoms with van der Waals surface area (Å²) in [7, 11) is 0. The average molecular weight is 194 g/mol. The fraction of sp³-hybridized carbons (Fsp3) is 0.727. The second kappa shape index (κ2) is 3.73. The van der Waals surface area contributed by atoms with Crippen molar-refractivity contribution in [2.75, 3.05) is 0 Å². The van der Waals surface area contributed by atoms with Crippen LogP contribution in [0.15, 0.2) is 12.4 Å². The molecule has 0 bridgehead atoms. The summed E-state index contributed by atoms with van der Waals surface area (Å²) < 4.78 is 2.16. The molecule has 0 saturated heterocycles. The van der Waals surface area contributed by atoms with Gasteiger partial charge >= 0.3 is 0 Å². The fourth-order valence-electron chi connectivity index (χ4n) is 2.30. The summed E-state index contributed by atoms with van der Waals surface area (Å²) in [5, 5.41) is 9.82. The van der Waals surface area contributed by atoms with Crippen molar-refractivity contribution in [1.82, 2.24) is 9.55 Å². The Hall–Kier alpha value is -0.830. The number of hydrogen-bond acceptors (Lipinski definition) is 2. The van der Waals surface area contributed by atoms with Gasteiger partial charge in [0.1, 0.15) is 5.82 Å². The van der Waals surface area contributed by atoms with Crippen molar-refractivity contribution in [3.05, 3.63) is 18.2 Å².